The van der Waals surface area contributed by atoms with Gasteiger partial charge in [-0.1, -0.05) is 33.3 Å². The summed E-state index contributed by atoms with van der Waals surface area (Å²) in [5.74, 6) is 1.56. The van der Waals surface area contributed by atoms with Gasteiger partial charge < -0.3 is 10.3 Å². The monoisotopic (exact) mass is 259 g/mol. The summed E-state index contributed by atoms with van der Waals surface area (Å²) in [6.45, 7) is 9.66. The molecule has 0 aliphatic heterocycles. The molecule has 19 heavy (non-hydrogen) atoms. The zero-order valence-corrected chi connectivity index (χ0v) is 12.5. The number of rotatable bonds is 5. The molecule has 3 heteroatoms. The van der Waals surface area contributed by atoms with Gasteiger partial charge in [-0.25, -0.2) is 4.98 Å². The van der Waals surface area contributed by atoms with Crippen LogP contribution < -0.4 is 5.73 Å². The van der Waals surface area contributed by atoms with Crippen molar-refractivity contribution in [1.82, 2.24) is 9.55 Å². The maximum absolute atomic E-state index is 6.26. The number of benzene rings is 1. The first-order chi connectivity index (χ1) is 9.08. The maximum Gasteiger partial charge on any atom is 0.126 e. The minimum absolute atomic E-state index is 0.0415. The average molecular weight is 259 g/mol. The molecule has 104 valence electrons. The Kier molecular flexibility index (Phi) is 4.25. The smallest absolute Gasteiger partial charge is 0.126 e. The van der Waals surface area contributed by atoms with E-state index in [9.17, 15) is 0 Å². The molecule has 1 unspecified atom stereocenters. The predicted molar refractivity (Wildman–Crippen MR) is 81.3 cm³/mol. The normalized spacial score (nSPS) is 13.4. The van der Waals surface area contributed by atoms with Crippen LogP contribution in [0.4, 0.5) is 0 Å². The Morgan fingerprint density at radius 1 is 1.26 bits per heavy atom. The van der Waals surface area contributed by atoms with Gasteiger partial charge in [0.2, 0.25) is 0 Å². The van der Waals surface area contributed by atoms with Gasteiger partial charge in [0.1, 0.15) is 5.82 Å². The second kappa shape index (κ2) is 5.74. The zero-order chi connectivity index (χ0) is 14.0. The van der Waals surface area contributed by atoms with Crippen LogP contribution in [0, 0.1) is 0 Å². The number of aromatic nitrogens is 2. The van der Waals surface area contributed by atoms with Gasteiger partial charge in [-0.05, 0) is 37.0 Å². The molecule has 0 bridgehead atoms. The number of hydrogen-bond donors (Lipinski definition) is 1. The molecular weight excluding hydrogens is 234 g/mol. The highest BCUT2D eigenvalue weighted by atomic mass is 15.1. The van der Waals surface area contributed by atoms with Crippen molar-refractivity contribution in [3.8, 4) is 0 Å². The van der Waals surface area contributed by atoms with Crippen molar-refractivity contribution in [2.75, 3.05) is 0 Å². The van der Waals surface area contributed by atoms with E-state index in [1.165, 1.54) is 11.1 Å². The highest BCUT2D eigenvalue weighted by Gasteiger charge is 2.16. The minimum Gasteiger partial charge on any atom is -0.327 e. The van der Waals surface area contributed by atoms with Crippen LogP contribution in [-0.4, -0.2) is 9.55 Å². The van der Waals surface area contributed by atoms with Crippen LogP contribution in [0.5, 0.6) is 0 Å². The highest BCUT2D eigenvalue weighted by Crippen LogP contribution is 2.25. The van der Waals surface area contributed by atoms with Crippen LogP contribution >= 0.6 is 0 Å². The number of nitrogens with zero attached hydrogens (tertiary/aromatic N) is 2. The molecule has 0 aliphatic rings. The Balaban J connectivity index is 2.53. The molecule has 0 spiro atoms. The van der Waals surface area contributed by atoms with Crippen molar-refractivity contribution in [2.45, 2.75) is 59.0 Å². The Labute approximate surface area is 115 Å². The van der Waals surface area contributed by atoms with Gasteiger partial charge in [0.15, 0.2) is 0 Å². The van der Waals surface area contributed by atoms with Crippen LogP contribution in [0.25, 0.3) is 11.0 Å². The van der Waals surface area contributed by atoms with E-state index in [4.69, 9.17) is 10.7 Å². The Hall–Kier alpha value is -1.35. The van der Waals surface area contributed by atoms with E-state index in [2.05, 4.69) is 50.5 Å². The van der Waals surface area contributed by atoms with Gasteiger partial charge in [0.25, 0.3) is 0 Å². The average Bonchev–Trinajstić information content (AvgIpc) is 2.76. The van der Waals surface area contributed by atoms with Crippen LogP contribution in [0.3, 0.4) is 0 Å². The fraction of sp³-hybridized carbons (Fsp3) is 0.562. The summed E-state index contributed by atoms with van der Waals surface area (Å²) in [4.78, 5) is 4.78. The molecule has 3 nitrogen and oxygen atoms in total. The lowest BCUT2D eigenvalue weighted by Gasteiger charge is -2.12. The van der Waals surface area contributed by atoms with Gasteiger partial charge >= 0.3 is 0 Å². The molecule has 2 rings (SSSR count). The van der Waals surface area contributed by atoms with E-state index in [0.717, 1.165) is 30.7 Å². The number of hydrogen-bond acceptors (Lipinski definition) is 2. The number of aryl methyl sites for hydroxylation is 1. The SMILES string of the molecule is CCCC(N)c1nc2cc(C(C)C)ccc2n1CC. The van der Waals surface area contributed by atoms with Crippen molar-refractivity contribution in [1.29, 1.82) is 0 Å². The summed E-state index contributed by atoms with van der Waals surface area (Å²) >= 11 is 0. The molecule has 0 radical (unpaired) electrons. The lowest BCUT2D eigenvalue weighted by molar-refractivity contribution is 0.566. The number of fused-ring (bicyclic) bond motifs is 1. The Morgan fingerprint density at radius 3 is 2.58 bits per heavy atom. The third-order valence-corrected chi connectivity index (χ3v) is 3.72. The van der Waals surface area contributed by atoms with E-state index >= 15 is 0 Å². The molecule has 0 amide bonds. The summed E-state index contributed by atoms with van der Waals surface area (Å²) in [5, 5.41) is 0. The molecule has 2 N–H and O–H groups in total. The van der Waals surface area contributed by atoms with Crippen LogP contribution in [0.1, 0.15) is 63.9 Å². The molecule has 0 aliphatic carbocycles. The van der Waals surface area contributed by atoms with Gasteiger partial charge in [-0.15, -0.1) is 0 Å². The third-order valence-electron chi connectivity index (χ3n) is 3.72. The van der Waals surface area contributed by atoms with E-state index in [1.807, 2.05) is 0 Å². The summed E-state index contributed by atoms with van der Waals surface area (Å²) in [7, 11) is 0. The molecule has 2 aromatic rings. The largest absolute Gasteiger partial charge is 0.327 e. The van der Waals surface area contributed by atoms with Crippen molar-refractivity contribution >= 4 is 11.0 Å². The molecule has 0 fully saturated rings. The van der Waals surface area contributed by atoms with Gasteiger partial charge in [-0.2, -0.15) is 0 Å². The van der Waals surface area contributed by atoms with Crippen molar-refractivity contribution < 1.29 is 0 Å². The first kappa shape index (κ1) is 14.1. The lowest BCUT2D eigenvalue weighted by Crippen LogP contribution is -2.16. The van der Waals surface area contributed by atoms with Crippen molar-refractivity contribution in [2.24, 2.45) is 5.73 Å². The second-order valence-electron chi connectivity index (χ2n) is 5.51. The maximum atomic E-state index is 6.26. The quantitative estimate of drug-likeness (QED) is 0.882. The van der Waals surface area contributed by atoms with Gasteiger partial charge in [-0.3, -0.25) is 0 Å². The standard InChI is InChI=1S/C16H25N3/c1-5-7-13(17)16-18-14-10-12(11(3)4)8-9-15(14)19(16)6-2/h8-11,13H,5-7,17H2,1-4H3. The molecule has 0 saturated carbocycles. The molecule has 0 saturated heterocycles. The first-order valence-electron chi connectivity index (χ1n) is 7.34. The van der Waals surface area contributed by atoms with Crippen molar-refractivity contribution in [3.63, 3.8) is 0 Å². The van der Waals surface area contributed by atoms with Crippen LogP contribution in [0.2, 0.25) is 0 Å². The summed E-state index contributed by atoms with van der Waals surface area (Å²) in [5.41, 5.74) is 9.88. The summed E-state index contributed by atoms with van der Waals surface area (Å²) in [6, 6.07) is 6.63. The molecule has 1 atom stereocenters. The topological polar surface area (TPSA) is 43.8 Å². The third kappa shape index (κ3) is 2.66. The van der Waals surface area contributed by atoms with E-state index in [-0.39, 0.29) is 6.04 Å². The molecular formula is C16H25N3. The van der Waals surface area contributed by atoms with E-state index in [1.54, 1.807) is 0 Å². The summed E-state index contributed by atoms with van der Waals surface area (Å²) in [6.07, 6.45) is 2.08. The Morgan fingerprint density at radius 2 is 2.00 bits per heavy atom. The van der Waals surface area contributed by atoms with Crippen LogP contribution in [0.15, 0.2) is 18.2 Å². The zero-order valence-electron chi connectivity index (χ0n) is 12.5. The molecule has 1 heterocycles. The molecule has 1 aromatic carbocycles. The predicted octanol–water partition coefficient (Wildman–Crippen LogP) is 3.98. The lowest BCUT2D eigenvalue weighted by atomic mass is 10.0. The number of imidazole rings is 1. The van der Waals surface area contributed by atoms with Gasteiger partial charge in [0.05, 0.1) is 17.1 Å². The fourth-order valence-electron chi connectivity index (χ4n) is 2.58. The number of nitrogens with two attached hydrogens (primary N) is 1. The molecule has 1 aromatic heterocycles. The Bertz CT molecular complexity index is 554. The van der Waals surface area contributed by atoms with Gasteiger partial charge in [0, 0.05) is 6.54 Å². The van der Waals surface area contributed by atoms with Crippen LogP contribution in [-0.2, 0) is 6.54 Å². The highest BCUT2D eigenvalue weighted by molar-refractivity contribution is 5.77. The van der Waals surface area contributed by atoms with E-state index in [0.29, 0.717) is 5.92 Å². The second-order valence-corrected chi connectivity index (χ2v) is 5.51. The summed E-state index contributed by atoms with van der Waals surface area (Å²) < 4.78 is 2.25. The minimum atomic E-state index is 0.0415. The van der Waals surface area contributed by atoms with E-state index < -0.39 is 0 Å². The fourth-order valence-corrected chi connectivity index (χ4v) is 2.58. The van der Waals surface area contributed by atoms with Crippen molar-refractivity contribution in [3.05, 3.63) is 29.6 Å². The first-order valence-corrected chi connectivity index (χ1v) is 7.34.